The average molecular weight is 310 g/mol. The third-order valence-corrected chi connectivity index (χ3v) is 3.88. The topological polar surface area (TPSA) is 9.23 Å². The lowest BCUT2D eigenvalue weighted by Gasteiger charge is -2.04. The normalized spacial score (nSPS) is 18.9. The van der Waals surface area contributed by atoms with E-state index in [4.69, 9.17) is 4.74 Å². The number of benzene rings is 2. The number of hydrogen-bond donors (Lipinski definition) is 0. The van der Waals surface area contributed by atoms with Gasteiger partial charge in [-0.15, -0.1) is 0 Å². The summed E-state index contributed by atoms with van der Waals surface area (Å²) < 4.78 is 6.91. The Balaban J connectivity index is 2.20. The van der Waals surface area contributed by atoms with Crippen molar-refractivity contribution in [3.05, 3.63) is 42.0 Å². The van der Waals surface area contributed by atoms with Crippen molar-refractivity contribution in [2.45, 2.75) is 12.5 Å². The SMILES string of the molecule is ICC1Cc2c(ccc3ccccc23)O1. The van der Waals surface area contributed by atoms with Gasteiger partial charge >= 0.3 is 0 Å². The molecule has 0 saturated heterocycles. The predicted molar refractivity (Wildman–Crippen MR) is 71.0 cm³/mol. The molecular weight excluding hydrogens is 299 g/mol. The number of alkyl halides is 1. The summed E-state index contributed by atoms with van der Waals surface area (Å²) in [5.74, 6) is 1.08. The van der Waals surface area contributed by atoms with E-state index in [1.54, 1.807) is 0 Å². The molecule has 0 fully saturated rings. The van der Waals surface area contributed by atoms with E-state index in [0.717, 1.165) is 16.6 Å². The van der Waals surface area contributed by atoms with E-state index in [9.17, 15) is 0 Å². The molecule has 1 heterocycles. The molecule has 1 aliphatic rings. The van der Waals surface area contributed by atoms with Crippen LogP contribution in [0.2, 0.25) is 0 Å². The van der Waals surface area contributed by atoms with Crippen LogP contribution in [0.1, 0.15) is 5.56 Å². The first-order chi connectivity index (χ1) is 7.38. The molecule has 1 atom stereocenters. The second-order valence-electron chi connectivity index (χ2n) is 3.86. The molecule has 3 rings (SSSR count). The standard InChI is InChI=1S/C13H11IO/c14-8-10-7-12-11-4-2-1-3-9(11)5-6-13(12)15-10/h1-6,10H,7-8H2. The largest absolute Gasteiger partial charge is 0.489 e. The van der Waals surface area contributed by atoms with E-state index in [-0.39, 0.29) is 0 Å². The van der Waals surface area contributed by atoms with Crippen LogP contribution >= 0.6 is 22.6 Å². The number of ether oxygens (including phenoxy) is 1. The van der Waals surface area contributed by atoms with Gasteiger partial charge in [-0.1, -0.05) is 52.9 Å². The molecule has 1 nitrogen and oxygen atoms in total. The Morgan fingerprint density at radius 2 is 2.07 bits per heavy atom. The van der Waals surface area contributed by atoms with Gasteiger partial charge in [0.05, 0.1) is 0 Å². The van der Waals surface area contributed by atoms with Gasteiger partial charge in [0.25, 0.3) is 0 Å². The van der Waals surface area contributed by atoms with Gasteiger partial charge in [0.1, 0.15) is 11.9 Å². The fourth-order valence-electron chi connectivity index (χ4n) is 2.17. The molecule has 0 aromatic heterocycles. The summed E-state index contributed by atoms with van der Waals surface area (Å²) in [6.45, 7) is 0. The molecule has 0 bridgehead atoms. The molecule has 0 amide bonds. The summed E-state index contributed by atoms with van der Waals surface area (Å²) in [6, 6.07) is 12.8. The Bertz CT molecular complexity index is 507. The molecule has 0 N–H and O–H groups in total. The smallest absolute Gasteiger partial charge is 0.123 e. The number of fused-ring (bicyclic) bond motifs is 3. The highest BCUT2D eigenvalue weighted by Crippen LogP contribution is 2.35. The quantitative estimate of drug-likeness (QED) is 0.578. The molecular formula is C13H11IO. The first-order valence-electron chi connectivity index (χ1n) is 5.12. The van der Waals surface area contributed by atoms with Crippen molar-refractivity contribution in [2.75, 3.05) is 4.43 Å². The Kier molecular flexibility index (Phi) is 2.31. The van der Waals surface area contributed by atoms with Crippen molar-refractivity contribution in [1.82, 2.24) is 0 Å². The van der Waals surface area contributed by atoms with Gasteiger partial charge in [0.15, 0.2) is 0 Å². The molecule has 2 aromatic carbocycles. The molecule has 0 spiro atoms. The maximum atomic E-state index is 5.86. The first kappa shape index (κ1) is 9.46. The maximum absolute atomic E-state index is 5.86. The van der Waals surface area contributed by atoms with Crippen LogP contribution in [0.3, 0.4) is 0 Å². The number of rotatable bonds is 1. The summed E-state index contributed by atoms with van der Waals surface area (Å²) in [5.41, 5.74) is 1.38. The Morgan fingerprint density at radius 1 is 1.20 bits per heavy atom. The molecule has 2 heteroatoms. The lowest BCUT2D eigenvalue weighted by molar-refractivity contribution is 0.262. The van der Waals surface area contributed by atoms with Crippen LogP contribution in [0.4, 0.5) is 0 Å². The molecule has 76 valence electrons. The molecule has 0 saturated carbocycles. The Hall–Kier alpha value is -0.770. The van der Waals surface area contributed by atoms with E-state index < -0.39 is 0 Å². The van der Waals surface area contributed by atoms with Gasteiger partial charge in [-0.2, -0.15) is 0 Å². The third kappa shape index (κ3) is 1.51. The number of hydrogen-bond acceptors (Lipinski definition) is 1. The molecule has 15 heavy (non-hydrogen) atoms. The summed E-state index contributed by atoms with van der Waals surface area (Å²) >= 11 is 2.39. The van der Waals surface area contributed by atoms with Gasteiger partial charge in [0.2, 0.25) is 0 Å². The van der Waals surface area contributed by atoms with Crippen LogP contribution in [-0.4, -0.2) is 10.5 Å². The molecule has 0 radical (unpaired) electrons. The van der Waals surface area contributed by atoms with E-state index in [0.29, 0.717) is 6.10 Å². The summed E-state index contributed by atoms with van der Waals surface area (Å²) in [6.07, 6.45) is 1.42. The monoisotopic (exact) mass is 310 g/mol. The van der Waals surface area contributed by atoms with E-state index in [1.165, 1.54) is 16.3 Å². The lowest BCUT2D eigenvalue weighted by Crippen LogP contribution is -2.13. The van der Waals surface area contributed by atoms with Gasteiger partial charge in [0, 0.05) is 16.4 Å². The second-order valence-corrected chi connectivity index (χ2v) is 4.74. The second kappa shape index (κ2) is 3.67. The van der Waals surface area contributed by atoms with Crippen LogP contribution in [0.25, 0.3) is 10.8 Å². The summed E-state index contributed by atoms with van der Waals surface area (Å²) in [5, 5.41) is 2.66. The van der Waals surface area contributed by atoms with Crippen LogP contribution in [0, 0.1) is 0 Å². The van der Waals surface area contributed by atoms with Crippen LogP contribution in [-0.2, 0) is 6.42 Å². The minimum absolute atomic E-state index is 0.367. The first-order valence-corrected chi connectivity index (χ1v) is 6.64. The third-order valence-electron chi connectivity index (χ3n) is 2.90. The van der Waals surface area contributed by atoms with Gasteiger partial charge < -0.3 is 4.74 Å². The van der Waals surface area contributed by atoms with Crippen LogP contribution in [0.15, 0.2) is 36.4 Å². The zero-order valence-electron chi connectivity index (χ0n) is 8.24. The van der Waals surface area contributed by atoms with Crippen molar-refractivity contribution in [3.8, 4) is 5.75 Å². The van der Waals surface area contributed by atoms with E-state index in [2.05, 4.69) is 59.0 Å². The average Bonchev–Trinajstić information content (AvgIpc) is 2.72. The van der Waals surface area contributed by atoms with Crippen molar-refractivity contribution >= 4 is 33.4 Å². The molecule has 0 aliphatic carbocycles. The molecule has 1 aliphatic heterocycles. The van der Waals surface area contributed by atoms with Gasteiger partial charge in [-0.25, -0.2) is 0 Å². The van der Waals surface area contributed by atoms with Crippen molar-refractivity contribution in [1.29, 1.82) is 0 Å². The fourth-order valence-corrected chi connectivity index (χ4v) is 2.66. The minimum atomic E-state index is 0.367. The fraction of sp³-hybridized carbons (Fsp3) is 0.231. The van der Waals surface area contributed by atoms with Crippen molar-refractivity contribution in [3.63, 3.8) is 0 Å². The zero-order chi connectivity index (χ0) is 10.3. The van der Waals surface area contributed by atoms with Gasteiger partial charge in [-0.05, 0) is 16.8 Å². The van der Waals surface area contributed by atoms with Crippen molar-refractivity contribution in [2.24, 2.45) is 0 Å². The minimum Gasteiger partial charge on any atom is -0.489 e. The summed E-state index contributed by atoms with van der Waals surface area (Å²) in [7, 11) is 0. The highest BCUT2D eigenvalue weighted by molar-refractivity contribution is 14.1. The van der Waals surface area contributed by atoms with Gasteiger partial charge in [-0.3, -0.25) is 0 Å². The van der Waals surface area contributed by atoms with E-state index >= 15 is 0 Å². The highest BCUT2D eigenvalue weighted by Gasteiger charge is 2.23. The predicted octanol–water partition coefficient (Wildman–Crippen LogP) is 3.58. The molecule has 2 aromatic rings. The van der Waals surface area contributed by atoms with E-state index in [1.807, 2.05) is 0 Å². The highest BCUT2D eigenvalue weighted by atomic mass is 127. The Labute approximate surface area is 103 Å². The van der Waals surface area contributed by atoms with Crippen LogP contribution in [0.5, 0.6) is 5.75 Å². The number of halogens is 1. The Morgan fingerprint density at radius 3 is 2.93 bits per heavy atom. The zero-order valence-corrected chi connectivity index (χ0v) is 10.4. The molecule has 1 unspecified atom stereocenters. The summed E-state index contributed by atoms with van der Waals surface area (Å²) in [4.78, 5) is 0. The lowest BCUT2D eigenvalue weighted by atomic mass is 10.0. The maximum Gasteiger partial charge on any atom is 0.123 e. The van der Waals surface area contributed by atoms with Crippen molar-refractivity contribution < 1.29 is 4.74 Å². The van der Waals surface area contributed by atoms with Crippen LogP contribution < -0.4 is 4.74 Å².